The number of hydrogen-bond donors (Lipinski definition) is 2. The minimum atomic E-state index is -4.63. The summed E-state index contributed by atoms with van der Waals surface area (Å²) in [6, 6.07) is 15.3. The van der Waals surface area contributed by atoms with Crippen molar-refractivity contribution in [1.82, 2.24) is 0 Å². The number of aryl methyl sites for hydroxylation is 1. The van der Waals surface area contributed by atoms with Crippen LogP contribution in [0.1, 0.15) is 15.9 Å². The zero-order valence-corrected chi connectivity index (χ0v) is 24.6. The molecule has 0 heterocycles. The van der Waals surface area contributed by atoms with Crippen molar-refractivity contribution in [1.29, 1.82) is 0 Å². The summed E-state index contributed by atoms with van der Waals surface area (Å²) in [5, 5.41) is 25.3. The molecule has 0 saturated carbocycles. The van der Waals surface area contributed by atoms with Crippen molar-refractivity contribution in [3.8, 4) is 11.5 Å². The van der Waals surface area contributed by atoms with Crippen LogP contribution in [0.15, 0.2) is 75.8 Å². The molecule has 0 bridgehead atoms. The first-order chi connectivity index (χ1) is 17.5. The van der Waals surface area contributed by atoms with Crippen molar-refractivity contribution in [3.05, 3.63) is 81.8 Å². The Kier molecular flexibility index (Phi) is 9.43. The second-order valence-electron chi connectivity index (χ2n) is 7.87. The Bertz CT molecular complexity index is 1700. The van der Waals surface area contributed by atoms with Crippen LogP contribution >= 0.6 is 23.2 Å². The van der Waals surface area contributed by atoms with Crippen molar-refractivity contribution in [3.63, 3.8) is 0 Å². The number of halogens is 2. The van der Waals surface area contributed by atoms with Gasteiger partial charge in [-0.05, 0) is 48.2 Å². The van der Waals surface area contributed by atoms with Gasteiger partial charge in [-0.3, -0.25) is 9.35 Å². The number of rotatable bonds is 6. The maximum atomic E-state index is 13.4. The second kappa shape index (κ2) is 12.0. The molecule has 2 N–H and O–H groups in total. The van der Waals surface area contributed by atoms with Crippen LogP contribution in [0.2, 0.25) is 10.0 Å². The summed E-state index contributed by atoms with van der Waals surface area (Å²) in [6.45, 7) is 1.53. The molecule has 0 spiro atoms. The molecule has 38 heavy (non-hydrogen) atoms. The number of amides is 1. The average molecular weight is 582 g/mol. The number of benzene rings is 4. The van der Waals surface area contributed by atoms with E-state index >= 15 is 0 Å². The summed E-state index contributed by atoms with van der Waals surface area (Å²) in [7, 11) is -3.21. The summed E-state index contributed by atoms with van der Waals surface area (Å²) in [5.74, 6) is -1.10. The zero-order chi connectivity index (χ0) is 26.9. The van der Waals surface area contributed by atoms with E-state index in [0.29, 0.717) is 32.8 Å². The molecule has 0 fully saturated rings. The maximum Gasteiger partial charge on any atom is 1.00 e. The first kappa shape index (κ1) is 29.9. The Labute approximate surface area is 250 Å². The van der Waals surface area contributed by atoms with Crippen molar-refractivity contribution < 1.29 is 57.2 Å². The van der Waals surface area contributed by atoms with Gasteiger partial charge in [-0.2, -0.15) is 18.6 Å². The largest absolute Gasteiger partial charge is 1.00 e. The van der Waals surface area contributed by atoms with Gasteiger partial charge in [0.05, 0.1) is 29.2 Å². The van der Waals surface area contributed by atoms with Gasteiger partial charge in [0.15, 0.2) is 0 Å². The maximum absolute atomic E-state index is 13.4. The number of anilines is 1. The summed E-state index contributed by atoms with van der Waals surface area (Å²) < 4.78 is 38.1. The third-order valence-corrected chi connectivity index (χ3v) is 7.11. The van der Waals surface area contributed by atoms with Crippen LogP contribution in [0, 0.1) is 6.92 Å². The molecule has 1 amide bonds. The van der Waals surface area contributed by atoms with Crippen molar-refractivity contribution in [2.75, 3.05) is 12.4 Å². The third-order valence-electron chi connectivity index (χ3n) is 5.38. The fourth-order valence-electron chi connectivity index (χ4n) is 3.61. The average Bonchev–Trinajstić information content (AvgIpc) is 2.85. The van der Waals surface area contributed by atoms with E-state index in [9.17, 15) is 22.9 Å². The molecular weight excluding hydrogens is 564 g/mol. The number of hydrogen-bond acceptors (Lipinski definition) is 7. The van der Waals surface area contributed by atoms with E-state index in [2.05, 4.69) is 15.5 Å². The smallest absolute Gasteiger partial charge is 0.870 e. The van der Waals surface area contributed by atoms with E-state index in [-0.39, 0.29) is 51.5 Å². The SMILES string of the molecule is COc1cc(Cl)ccc1NC(=O)c1cc2ccccc2c(N=Nc2cc(C)c(Cl)c(S(=O)(=O)O)c2)c1[O-].[Na+]. The number of carbonyl (C=O) groups is 1. The molecular formula is C25H18Cl2N3NaO6S. The molecule has 0 aliphatic carbocycles. The molecule has 190 valence electrons. The number of nitrogens with zero attached hydrogens (tertiary/aromatic N) is 2. The van der Waals surface area contributed by atoms with Gasteiger partial charge in [-0.15, -0.1) is 0 Å². The first-order valence-electron chi connectivity index (χ1n) is 10.6. The van der Waals surface area contributed by atoms with Gasteiger partial charge in [0.1, 0.15) is 10.6 Å². The van der Waals surface area contributed by atoms with Crippen LogP contribution in [-0.4, -0.2) is 26.0 Å². The fraction of sp³-hybridized carbons (Fsp3) is 0.0800. The van der Waals surface area contributed by atoms with Crippen LogP contribution in [0.5, 0.6) is 11.5 Å². The monoisotopic (exact) mass is 581 g/mol. The van der Waals surface area contributed by atoms with E-state index in [0.717, 1.165) is 6.07 Å². The minimum absolute atomic E-state index is 0. The van der Waals surface area contributed by atoms with Crippen LogP contribution in [-0.2, 0) is 10.1 Å². The van der Waals surface area contributed by atoms with Gasteiger partial charge in [-0.1, -0.05) is 53.2 Å². The quantitative estimate of drug-likeness (QED) is 0.203. The van der Waals surface area contributed by atoms with E-state index in [4.69, 9.17) is 27.9 Å². The van der Waals surface area contributed by atoms with Gasteiger partial charge >= 0.3 is 29.6 Å². The van der Waals surface area contributed by atoms with Crippen LogP contribution in [0.4, 0.5) is 17.1 Å². The number of carbonyl (C=O) groups excluding carboxylic acids is 1. The summed E-state index contributed by atoms with van der Waals surface area (Å²) >= 11 is 12.0. The van der Waals surface area contributed by atoms with E-state index in [1.165, 1.54) is 32.2 Å². The zero-order valence-electron chi connectivity index (χ0n) is 20.3. The first-order valence-corrected chi connectivity index (χ1v) is 12.8. The van der Waals surface area contributed by atoms with Gasteiger partial charge in [0.25, 0.3) is 16.0 Å². The van der Waals surface area contributed by atoms with Crippen molar-refractivity contribution >= 4 is 67.1 Å². The molecule has 9 nitrogen and oxygen atoms in total. The molecule has 0 atom stereocenters. The number of nitrogens with one attached hydrogen (secondary N) is 1. The second-order valence-corrected chi connectivity index (χ2v) is 10.1. The van der Waals surface area contributed by atoms with Crippen LogP contribution < -0.4 is 44.7 Å². The Hall–Kier alpha value is -2.70. The van der Waals surface area contributed by atoms with Crippen LogP contribution in [0.25, 0.3) is 10.8 Å². The minimum Gasteiger partial charge on any atom is -0.870 e. The van der Waals surface area contributed by atoms with E-state index < -0.39 is 26.7 Å². The summed E-state index contributed by atoms with van der Waals surface area (Å²) in [6.07, 6.45) is 0. The summed E-state index contributed by atoms with van der Waals surface area (Å²) in [4.78, 5) is 12.6. The number of methoxy groups -OCH3 is 1. The Balaban J connectivity index is 0.00000400. The standard InChI is InChI=1S/C25H19Cl2N3O6S.Na/c1-13-9-16(12-21(22(13)27)37(33,34)35)29-30-23-17-6-4-3-5-14(17)10-18(24(23)31)25(32)28-19-8-7-15(26)11-20(19)36-2;/h3-12,31H,1-2H3,(H,28,32)(H,33,34,35);/q;+1/p-1. The van der Waals surface area contributed by atoms with Crippen LogP contribution in [0.3, 0.4) is 0 Å². The molecule has 0 aliphatic heterocycles. The van der Waals surface area contributed by atoms with Crippen molar-refractivity contribution in [2.45, 2.75) is 11.8 Å². The molecule has 4 aromatic carbocycles. The van der Waals surface area contributed by atoms with E-state index in [1.54, 1.807) is 36.4 Å². The molecule has 0 unspecified atom stereocenters. The Morgan fingerprint density at radius 2 is 1.76 bits per heavy atom. The molecule has 0 aromatic heterocycles. The van der Waals surface area contributed by atoms with Gasteiger partial charge in [-0.25, -0.2) is 0 Å². The Morgan fingerprint density at radius 1 is 1.05 bits per heavy atom. The Morgan fingerprint density at radius 3 is 2.45 bits per heavy atom. The normalized spacial score (nSPS) is 11.4. The van der Waals surface area contributed by atoms with Gasteiger partial charge < -0.3 is 15.2 Å². The number of fused-ring (bicyclic) bond motifs is 1. The number of ether oxygens (including phenoxy) is 1. The topological polar surface area (TPSA) is 140 Å². The summed E-state index contributed by atoms with van der Waals surface area (Å²) in [5.41, 5.74) is 0.326. The fourth-order valence-corrected chi connectivity index (χ4v) is 4.83. The molecule has 4 aromatic rings. The third kappa shape index (κ3) is 6.29. The van der Waals surface area contributed by atoms with Crippen molar-refractivity contribution in [2.24, 2.45) is 10.2 Å². The molecule has 0 aliphatic rings. The predicted octanol–water partition coefficient (Wildman–Crippen LogP) is 3.46. The molecule has 0 radical (unpaired) electrons. The predicted molar refractivity (Wildman–Crippen MR) is 140 cm³/mol. The molecule has 13 heteroatoms. The number of azo groups is 1. The van der Waals surface area contributed by atoms with Gasteiger partial charge in [0, 0.05) is 22.0 Å². The molecule has 4 rings (SSSR count). The molecule has 0 saturated heterocycles. The van der Waals surface area contributed by atoms with Gasteiger partial charge in [0.2, 0.25) is 0 Å². The van der Waals surface area contributed by atoms with E-state index in [1.807, 2.05) is 0 Å².